The highest BCUT2D eigenvalue weighted by molar-refractivity contribution is 5.92. The second-order valence-electron chi connectivity index (χ2n) is 8.63. The van der Waals surface area contributed by atoms with Crippen LogP contribution in [-0.4, -0.2) is 45.5 Å². The number of anilines is 3. The first-order valence-electron chi connectivity index (χ1n) is 10.8. The van der Waals surface area contributed by atoms with Crippen LogP contribution in [0.3, 0.4) is 0 Å². The van der Waals surface area contributed by atoms with Crippen molar-refractivity contribution < 1.29 is 17.9 Å². The summed E-state index contributed by atoms with van der Waals surface area (Å²) in [6.45, 7) is 4.90. The van der Waals surface area contributed by atoms with Gasteiger partial charge in [-0.2, -0.15) is 18.3 Å². The Bertz CT molecular complexity index is 1190. The van der Waals surface area contributed by atoms with Crippen molar-refractivity contribution in [3.05, 3.63) is 41.5 Å². The van der Waals surface area contributed by atoms with Crippen molar-refractivity contribution in [2.24, 2.45) is 0 Å². The van der Waals surface area contributed by atoms with Crippen LogP contribution in [-0.2, 0) is 10.9 Å². The third-order valence-corrected chi connectivity index (χ3v) is 6.26. The fourth-order valence-corrected chi connectivity index (χ4v) is 4.67. The molecule has 2 fully saturated rings. The van der Waals surface area contributed by atoms with E-state index >= 15 is 0 Å². The van der Waals surface area contributed by atoms with Gasteiger partial charge in [-0.25, -0.2) is 4.98 Å². The maximum Gasteiger partial charge on any atom is 0.433 e. The number of pyridine rings is 2. The van der Waals surface area contributed by atoms with Crippen LogP contribution < -0.4 is 16.0 Å². The van der Waals surface area contributed by atoms with E-state index in [1.807, 2.05) is 19.2 Å². The summed E-state index contributed by atoms with van der Waals surface area (Å²) in [4.78, 5) is 10.8. The number of nitrogens with zero attached hydrogens (tertiary/aromatic N) is 5. The molecule has 33 heavy (non-hydrogen) atoms. The molecule has 174 valence electrons. The summed E-state index contributed by atoms with van der Waals surface area (Å²) in [5, 5.41) is 12.4. The highest BCUT2D eigenvalue weighted by atomic mass is 19.4. The van der Waals surface area contributed by atoms with Crippen LogP contribution in [0, 0.1) is 6.92 Å². The molecule has 5 rings (SSSR count). The maximum absolute atomic E-state index is 13.2. The second kappa shape index (κ2) is 7.98. The molecular formula is C22H24F3N7O. The average Bonchev–Trinajstić information content (AvgIpc) is 3.02. The number of alkyl halides is 3. The summed E-state index contributed by atoms with van der Waals surface area (Å²) in [5.41, 5.74) is 7.16. The van der Waals surface area contributed by atoms with Crippen molar-refractivity contribution in [1.82, 2.24) is 20.2 Å². The van der Waals surface area contributed by atoms with E-state index in [0.29, 0.717) is 42.3 Å². The van der Waals surface area contributed by atoms with Gasteiger partial charge in [0.15, 0.2) is 5.82 Å². The first-order valence-corrected chi connectivity index (χ1v) is 10.8. The number of aryl methyl sites for hydroxylation is 1. The predicted molar refractivity (Wildman–Crippen MR) is 118 cm³/mol. The molecule has 3 aromatic rings. The van der Waals surface area contributed by atoms with Gasteiger partial charge < -0.3 is 20.7 Å². The van der Waals surface area contributed by atoms with Crippen molar-refractivity contribution in [2.45, 2.75) is 51.0 Å². The van der Waals surface area contributed by atoms with E-state index in [2.05, 4.69) is 30.4 Å². The number of fused-ring (bicyclic) bond motifs is 3. The summed E-state index contributed by atoms with van der Waals surface area (Å²) >= 11 is 0. The lowest BCUT2D eigenvalue weighted by molar-refractivity contribution is -0.141. The van der Waals surface area contributed by atoms with Crippen LogP contribution in [0.25, 0.3) is 10.9 Å². The lowest BCUT2D eigenvalue weighted by Gasteiger charge is -2.36. The van der Waals surface area contributed by atoms with Gasteiger partial charge >= 0.3 is 6.18 Å². The Kier molecular flexibility index (Phi) is 5.23. The number of ether oxygens (including phenoxy) is 1. The Morgan fingerprint density at radius 2 is 1.88 bits per heavy atom. The molecular weight excluding hydrogens is 435 g/mol. The zero-order valence-corrected chi connectivity index (χ0v) is 18.2. The number of nitrogen functional groups attached to an aromatic ring is 1. The second-order valence-corrected chi connectivity index (χ2v) is 8.63. The van der Waals surface area contributed by atoms with Crippen LogP contribution in [0.15, 0.2) is 24.4 Å². The lowest BCUT2D eigenvalue weighted by Crippen LogP contribution is -2.45. The molecule has 3 atom stereocenters. The Balaban J connectivity index is 1.51. The lowest BCUT2D eigenvalue weighted by atomic mass is 10.1. The number of rotatable bonds is 4. The molecule has 2 saturated heterocycles. The van der Waals surface area contributed by atoms with E-state index in [4.69, 9.17) is 10.5 Å². The Morgan fingerprint density at radius 3 is 2.58 bits per heavy atom. The smallest absolute Gasteiger partial charge is 0.399 e. The van der Waals surface area contributed by atoms with Gasteiger partial charge in [-0.1, -0.05) is 0 Å². The largest absolute Gasteiger partial charge is 0.433 e. The van der Waals surface area contributed by atoms with E-state index in [1.54, 1.807) is 6.92 Å². The molecule has 2 unspecified atom stereocenters. The topological polar surface area (TPSA) is 102 Å². The fourth-order valence-electron chi connectivity index (χ4n) is 4.67. The SMILES string of the molecule is Cc1nnc(N[C@H](C)c2cc(N)cc(C(F)(F)F)n2)c2cc(N3C4CCC3COC4)cnc12. The summed E-state index contributed by atoms with van der Waals surface area (Å²) < 4.78 is 45.3. The van der Waals surface area contributed by atoms with Crippen molar-refractivity contribution in [2.75, 3.05) is 29.2 Å². The first-order chi connectivity index (χ1) is 15.7. The van der Waals surface area contributed by atoms with E-state index in [1.165, 1.54) is 6.07 Å². The van der Waals surface area contributed by atoms with Crippen LogP contribution in [0.2, 0.25) is 0 Å². The molecule has 0 amide bonds. The zero-order chi connectivity index (χ0) is 23.3. The Labute approximate surface area is 188 Å². The van der Waals surface area contributed by atoms with Crippen molar-refractivity contribution >= 4 is 28.1 Å². The van der Waals surface area contributed by atoms with Crippen LogP contribution >= 0.6 is 0 Å². The molecule has 2 bridgehead atoms. The average molecular weight is 459 g/mol. The van der Waals surface area contributed by atoms with Crippen LogP contribution in [0.1, 0.15) is 42.9 Å². The summed E-state index contributed by atoms with van der Waals surface area (Å²) in [5.74, 6) is 0.427. The molecule has 0 spiro atoms. The molecule has 0 aromatic carbocycles. The van der Waals surface area contributed by atoms with Gasteiger partial charge in [0.2, 0.25) is 0 Å². The van der Waals surface area contributed by atoms with Gasteiger partial charge in [0.1, 0.15) is 5.69 Å². The number of hydrogen-bond acceptors (Lipinski definition) is 8. The number of halogens is 3. The van der Waals surface area contributed by atoms with Crippen LogP contribution in [0.5, 0.6) is 0 Å². The maximum atomic E-state index is 13.2. The zero-order valence-electron chi connectivity index (χ0n) is 18.2. The molecule has 2 aliphatic heterocycles. The van der Waals surface area contributed by atoms with Gasteiger partial charge in [0.25, 0.3) is 0 Å². The fraction of sp³-hybridized carbons (Fsp3) is 0.455. The van der Waals surface area contributed by atoms with Crippen molar-refractivity contribution in [3.8, 4) is 0 Å². The van der Waals surface area contributed by atoms with Crippen LogP contribution in [0.4, 0.5) is 30.4 Å². The normalized spacial score (nSPS) is 21.4. The predicted octanol–water partition coefficient (Wildman–Crippen LogP) is 3.87. The van der Waals surface area contributed by atoms with Gasteiger partial charge in [-0.15, -0.1) is 5.10 Å². The van der Waals surface area contributed by atoms with Crippen molar-refractivity contribution in [1.29, 1.82) is 0 Å². The molecule has 0 radical (unpaired) electrons. The third kappa shape index (κ3) is 4.01. The highest BCUT2D eigenvalue weighted by Gasteiger charge is 2.38. The van der Waals surface area contributed by atoms with E-state index in [0.717, 1.165) is 30.0 Å². The van der Waals surface area contributed by atoms with E-state index in [9.17, 15) is 13.2 Å². The van der Waals surface area contributed by atoms with Gasteiger partial charge in [-0.3, -0.25) is 4.98 Å². The minimum Gasteiger partial charge on any atom is -0.399 e. The van der Waals surface area contributed by atoms with Crippen molar-refractivity contribution in [3.63, 3.8) is 0 Å². The minimum atomic E-state index is -4.59. The molecule has 3 N–H and O–H groups in total. The standard InChI is InChI=1S/C22H24F3N7O/c1-11(18-5-13(26)6-19(29-18)22(23,24)25)28-21-17-7-16(8-27-20(17)12(2)30-31-21)32-14-3-4-15(32)10-33-9-14/h5-8,11,14-15H,3-4,9-10H2,1-2H3,(H2,26,29)(H,28,31)/t11-,14?,15?/m1/s1. The van der Waals surface area contributed by atoms with Gasteiger partial charge in [0.05, 0.1) is 60.1 Å². The Morgan fingerprint density at radius 1 is 1.15 bits per heavy atom. The molecule has 11 heteroatoms. The highest BCUT2D eigenvalue weighted by Crippen LogP contribution is 2.36. The number of morpholine rings is 1. The quantitative estimate of drug-likeness (QED) is 0.606. The van der Waals surface area contributed by atoms with Gasteiger partial charge in [0, 0.05) is 11.1 Å². The monoisotopic (exact) mass is 459 g/mol. The van der Waals surface area contributed by atoms with E-state index < -0.39 is 17.9 Å². The number of nitrogens with one attached hydrogen (secondary N) is 1. The van der Waals surface area contributed by atoms with Gasteiger partial charge in [-0.05, 0) is 44.9 Å². The summed E-state index contributed by atoms with van der Waals surface area (Å²) in [6.07, 6.45) is -0.603. The first kappa shape index (κ1) is 21.6. The molecule has 8 nitrogen and oxygen atoms in total. The number of nitrogens with two attached hydrogens (primary N) is 1. The number of hydrogen-bond donors (Lipinski definition) is 2. The molecule has 3 aromatic heterocycles. The van der Waals surface area contributed by atoms with E-state index in [-0.39, 0.29) is 11.4 Å². The molecule has 0 saturated carbocycles. The minimum absolute atomic E-state index is 0.00688. The molecule has 0 aliphatic carbocycles. The number of aromatic nitrogens is 4. The molecule has 2 aliphatic rings. The summed E-state index contributed by atoms with van der Waals surface area (Å²) in [6, 6.07) is 4.29. The third-order valence-electron chi connectivity index (χ3n) is 6.26. The Hall–Kier alpha value is -3.21. The summed E-state index contributed by atoms with van der Waals surface area (Å²) in [7, 11) is 0. The molecule has 5 heterocycles.